The summed E-state index contributed by atoms with van der Waals surface area (Å²) in [5, 5.41) is 6.93. The molecular weight excluding hydrogens is 240 g/mol. The molecule has 1 heterocycles. The molecule has 2 rings (SSSR count). The number of carbonyl (C=O) groups excluding carboxylic acids is 1. The molecule has 1 aromatic rings. The summed E-state index contributed by atoms with van der Waals surface area (Å²) in [6, 6.07) is 0.317. The second-order valence-electron chi connectivity index (χ2n) is 5.66. The lowest BCUT2D eigenvalue weighted by atomic mass is 9.86. The summed E-state index contributed by atoms with van der Waals surface area (Å²) >= 11 is 0. The molecule has 1 aliphatic carbocycles. The molecule has 0 radical (unpaired) electrons. The average molecular weight is 264 g/mol. The molecule has 106 valence electrons. The molecule has 3 N–H and O–H groups in total. The number of hydrogen-bond acceptors (Lipinski definition) is 3. The molecule has 1 amide bonds. The van der Waals surface area contributed by atoms with Gasteiger partial charge < -0.3 is 10.6 Å². The van der Waals surface area contributed by atoms with Crippen LogP contribution in [-0.2, 0) is 6.42 Å². The van der Waals surface area contributed by atoms with Gasteiger partial charge in [0.2, 0.25) is 0 Å². The molecule has 0 spiro atoms. The highest BCUT2D eigenvalue weighted by molar-refractivity contribution is 5.97. The van der Waals surface area contributed by atoms with E-state index in [4.69, 9.17) is 5.73 Å². The maximum atomic E-state index is 12.5. The molecule has 1 fully saturated rings. The van der Waals surface area contributed by atoms with Crippen molar-refractivity contribution < 1.29 is 4.79 Å². The zero-order valence-corrected chi connectivity index (χ0v) is 12.1. The number of hydrogen-bond donors (Lipinski definition) is 2. The van der Waals surface area contributed by atoms with Crippen LogP contribution >= 0.6 is 0 Å². The van der Waals surface area contributed by atoms with Gasteiger partial charge in [-0.3, -0.25) is 9.89 Å². The van der Waals surface area contributed by atoms with Crippen molar-refractivity contribution in [3.63, 3.8) is 0 Å². The normalized spacial score (nSPS) is 23.3. The van der Waals surface area contributed by atoms with Crippen LogP contribution in [0.5, 0.6) is 0 Å². The second kappa shape index (κ2) is 5.63. The van der Waals surface area contributed by atoms with Crippen molar-refractivity contribution in [2.75, 3.05) is 12.8 Å². The average Bonchev–Trinajstić information content (AvgIpc) is 2.78. The SMILES string of the molecule is CCc1[nH]nc(C(=O)N(C)C2CCCC(C)C2)c1N. The van der Waals surface area contributed by atoms with Crippen molar-refractivity contribution in [1.82, 2.24) is 15.1 Å². The Kier molecular flexibility index (Phi) is 4.12. The minimum Gasteiger partial charge on any atom is -0.395 e. The molecule has 0 aliphatic heterocycles. The fraction of sp³-hybridized carbons (Fsp3) is 0.714. The number of amides is 1. The molecule has 0 aromatic carbocycles. The first kappa shape index (κ1) is 13.9. The Morgan fingerprint density at radius 1 is 1.53 bits per heavy atom. The lowest BCUT2D eigenvalue weighted by Crippen LogP contribution is -2.40. The molecular formula is C14H24N4O. The quantitative estimate of drug-likeness (QED) is 0.879. The minimum absolute atomic E-state index is 0.0625. The summed E-state index contributed by atoms with van der Waals surface area (Å²) in [4.78, 5) is 14.3. The number of aromatic amines is 1. The molecule has 0 saturated heterocycles. The molecule has 5 nitrogen and oxygen atoms in total. The van der Waals surface area contributed by atoms with Gasteiger partial charge in [-0.05, 0) is 25.2 Å². The Morgan fingerprint density at radius 3 is 2.84 bits per heavy atom. The van der Waals surface area contributed by atoms with Gasteiger partial charge >= 0.3 is 0 Å². The second-order valence-corrected chi connectivity index (χ2v) is 5.66. The number of H-pyrrole nitrogens is 1. The van der Waals surface area contributed by atoms with E-state index in [9.17, 15) is 4.79 Å². The van der Waals surface area contributed by atoms with Gasteiger partial charge in [0.1, 0.15) is 0 Å². The maximum absolute atomic E-state index is 12.5. The monoisotopic (exact) mass is 264 g/mol. The third kappa shape index (κ3) is 2.74. The van der Waals surface area contributed by atoms with Gasteiger partial charge in [-0.1, -0.05) is 26.7 Å². The van der Waals surface area contributed by atoms with Crippen molar-refractivity contribution >= 4 is 11.6 Å². The van der Waals surface area contributed by atoms with Crippen LogP contribution in [0.2, 0.25) is 0 Å². The van der Waals surface area contributed by atoms with Gasteiger partial charge in [0.25, 0.3) is 5.91 Å². The summed E-state index contributed by atoms with van der Waals surface area (Å²) in [6.45, 7) is 4.24. The number of nitrogen functional groups attached to an aromatic ring is 1. The summed E-state index contributed by atoms with van der Waals surface area (Å²) in [7, 11) is 1.87. The Labute approximate surface area is 114 Å². The smallest absolute Gasteiger partial charge is 0.276 e. The molecule has 0 bridgehead atoms. The van der Waals surface area contributed by atoms with E-state index in [1.807, 2.05) is 18.9 Å². The van der Waals surface area contributed by atoms with Crippen LogP contribution in [0.25, 0.3) is 0 Å². The zero-order valence-electron chi connectivity index (χ0n) is 12.1. The van der Waals surface area contributed by atoms with E-state index in [-0.39, 0.29) is 5.91 Å². The van der Waals surface area contributed by atoms with Crippen molar-refractivity contribution in [3.8, 4) is 0 Å². The van der Waals surface area contributed by atoms with E-state index < -0.39 is 0 Å². The van der Waals surface area contributed by atoms with Gasteiger partial charge in [-0.2, -0.15) is 5.10 Å². The molecule has 1 aliphatic rings. The number of nitrogens with zero attached hydrogens (tertiary/aromatic N) is 2. The Morgan fingerprint density at radius 2 is 2.26 bits per heavy atom. The van der Waals surface area contributed by atoms with Crippen molar-refractivity contribution in [2.24, 2.45) is 5.92 Å². The topological polar surface area (TPSA) is 75.0 Å². The Balaban J connectivity index is 2.11. The van der Waals surface area contributed by atoms with Crippen molar-refractivity contribution in [2.45, 2.75) is 52.0 Å². The van der Waals surface area contributed by atoms with Gasteiger partial charge in [-0.25, -0.2) is 0 Å². The number of nitrogens with two attached hydrogens (primary N) is 1. The number of rotatable bonds is 3. The molecule has 1 aromatic heterocycles. The number of aromatic nitrogens is 2. The van der Waals surface area contributed by atoms with E-state index in [1.165, 1.54) is 12.8 Å². The Bertz CT molecular complexity index is 454. The third-order valence-electron chi connectivity index (χ3n) is 4.22. The molecule has 1 saturated carbocycles. The number of nitrogens with one attached hydrogen (secondary N) is 1. The van der Waals surface area contributed by atoms with Crippen LogP contribution in [0.1, 0.15) is 55.7 Å². The molecule has 19 heavy (non-hydrogen) atoms. The third-order valence-corrected chi connectivity index (χ3v) is 4.22. The summed E-state index contributed by atoms with van der Waals surface area (Å²) in [5.74, 6) is 0.629. The van der Waals surface area contributed by atoms with Crippen LogP contribution in [-0.4, -0.2) is 34.1 Å². The van der Waals surface area contributed by atoms with Gasteiger partial charge in [-0.15, -0.1) is 0 Å². The Hall–Kier alpha value is -1.52. The van der Waals surface area contributed by atoms with E-state index in [2.05, 4.69) is 17.1 Å². The van der Waals surface area contributed by atoms with E-state index in [1.54, 1.807) is 0 Å². The molecule has 2 unspecified atom stereocenters. The highest BCUT2D eigenvalue weighted by atomic mass is 16.2. The zero-order chi connectivity index (χ0) is 14.0. The first-order valence-electron chi connectivity index (χ1n) is 7.14. The lowest BCUT2D eigenvalue weighted by molar-refractivity contribution is 0.0667. The van der Waals surface area contributed by atoms with E-state index >= 15 is 0 Å². The summed E-state index contributed by atoms with van der Waals surface area (Å²) in [5.41, 5.74) is 7.69. The maximum Gasteiger partial charge on any atom is 0.276 e. The number of aryl methyl sites for hydroxylation is 1. The van der Waals surface area contributed by atoms with Crippen LogP contribution < -0.4 is 5.73 Å². The molecule has 5 heteroatoms. The fourth-order valence-corrected chi connectivity index (χ4v) is 2.91. The van der Waals surface area contributed by atoms with E-state index in [0.717, 1.165) is 25.0 Å². The largest absolute Gasteiger partial charge is 0.395 e. The summed E-state index contributed by atoms with van der Waals surface area (Å²) in [6.07, 6.45) is 5.38. The van der Waals surface area contributed by atoms with Gasteiger partial charge in [0, 0.05) is 13.1 Å². The predicted molar refractivity (Wildman–Crippen MR) is 75.9 cm³/mol. The van der Waals surface area contributed by atoms with Crippen LogP contribution in [0.15, 0.2) is 0 Å². The van der Waals surface area contributed by atoms with Crippen LogP contribution in [0.3, 0.4) is 0 Å². The van der Waals surface area contributed by atoms with Gasteiger partial charge in [0.15, 0.2) is 5.69 Å². The first-order chi connectivity index (χ1) is 9.04. The van der Waals surface area contributed by atoms with Gasteiger partial charge in [0.05, 0.1) is 11.4 Å². The fourth-order valence-electron chi connectivity index (χ4n) is 2.91. The molecule has 2 atom stereocenters. The van der Waals surface area contributed by atoms with E-state index in [0.29, 0.717) is 23.3 Å². The summed E-state index contributed by atoms with van der Waals surface area (Å²) < 4.78 is 0. The predicted octanol–water partition coefficient (Wildman–Crippen LogP) is 2.21. The number of anilines is 1. The van der Waals surface area contributed by atoms with Crippen LogP contribution in [0.4, 0.5) is 5.69 Å². The van der Waals surface area contributed by atoms with Crippen LogP contribution in [0, 0.1) is 5.92 Å². The number of carbonyl (C=O) groups is 1. The minimum atomic E-state index is -0.0625. The van der Waals surface area contributed by atoms with Crippen molar-refractivity contribution in [3.05, 3.63) is 11.4 Å². The standard InChI is InChI=1S/C14H24N4O/c1-4-11-12(15)13(17-16-11)14(19)18(3)10-7-5-6-9(2)8-10/h9-10H,4-8,15H2,1-3H3,(H,16,17). The lowest BCUT2D eigenvalue weighted by Gasteiger charge is -2.33. The highest BCUT2D eigenvalue weighted by Gasteiger charge is 2.28. The first-order valence-corrected chi connectivity index (χ1v) is 7.14. The van der Waals surface area contributed by atoms with Crippen molar-refractivity contribution in [1.29, 1.82) is 0 Å². The highest BCUT2D eigenvalue weighted by Crippen LogP contribution is 2.28.